The Labute approximate surface area is 161 Å². The number of fused-ring (bicyclic) bond motifs is 1. The van der Waals surface area contributed by atoms with E-state index in [0.717, 1.165) is 30.8 Å². The number of ether oxygens (including phenoxy) is 2. The van der Waals surface area contributed by atoms with E-state index in [4.69, 9.17) is 9.47 Å². The molecule has 1 aliphatic heterocycles. The van der Waals surface area contributed by atoms with Crippen LogP contribution in [0.2, 0.25) is 0 Å². The van der Waals surface area contributed by atoms with Crippen LogP contribution in [0.3, 0.4) is 0 Å². The van der Waals surface area contributed by atoms with E-state index < -0.39 is 0 Å². The number of carbonyl (C=O) groups is 1. The molecule has 0 spiro atoms. The van der Waals surface area contributed by atoms with E-state index in [-0.39, 0.29) is 12.5 Å². The van der Waals surface area contributed by atoms with Crippen molar-refractivity contribution in [3.05, 3.63) is 65.2 Å². The first-order chi connectivity index (χ1) is 13.2. The molecule has 144 valence electrons. The zero-order chi connectivity index (χ0) is 19.1. The first-order valence-electron chi connectivity index (χ1n) is 9.44. The lowest BCUT2D eigenvalue weighted by Gasteiger charge is -2.33. The molecule has 0 fully saturated rings. The van der Waals surface area contributed by atoms with Crippen molar-refractivity contribution < 1.29 is 14.3 Å². The van der Waals surface area contributed by atoms with Crippen molar-refractivity contribution in [2.75, 3.05) is 26.8 Å². The molecule has 3 rings (SSSR count). The topological polar surface area (TPSA) is 50.8 Å². The Hall–Kier alpha value is -2.37. The standard InChI is InChI=1S/C22H28N2O3/c1-17(24-11-10-19-7-3-4-8-20(19)14-24)13-23-22(25)16-27-15-18-6-5-9-21(12-18)26-2/h3-9,12,17H,10-11,13-16H2,1-2H3,(H,23,25)/t17-/m0/s1. The van der Waals surface area contributed by atoms with Gasteiger partial charge in [-0.3, -0.25) is 9.69 Å². The van der Waals surface area contributed by atoms with Gasteiger partial charge in [-0.1, -0.05) is 36.4 Å². The van der Waals surface area contributed by atoms with Crippen molar-refractivity contribution in [3.63, 3.8) is 0 Å². The van der Waals surface area contributed by atoms with Crippen LogP contribution in [0.15, 0.2) is 48.5 Å². The third kappa shape index (κ3) is 5.55. The van der Waals surface area contributed by atoms with Crippen molar-refractivity contribution in [3.8, 4) is 5.75 Å². The van der Waals surface area contributed by atoms with Gasteiger partial charge in [-0.15, -0.1) is 0 Å². The largest absolute Gasteiger partial charge is 0.497 e. The second-order valence-electron chi connectivity index (χ2n) is 6.99. The summed E-state index contributed by atoms with van der Waals surface area (Å²) in [5.74, 6) is 0.708. The summed E-state index contributed by atoms with van der Waals surface area (Å²) in [6.07, 6.45) is 1.07. The summed E-state index contributed by atoms with van der Waals surface area (Å²) in [6, 6.07) is 16.5. The molecule has 0 bridgehead atoms. The van der Waals surface area contributed by atoms with Crippen molar-refractivity contribution in [2.45, 2.75) is 32.5 Å². The smallest absolute Gasteiger partial charge is 0.246 e. The van der Waals surface area contributed by atoms with Crippen LogP contribution in [0, 0.1) is 0 Å². The lowest BCUT2D eigenvalue weighted by atomic mass is 9.99. The summed E-state index contributed by atoms with van der Waals surface area (Å²) in [5.41, 5.74) is 3.82. The molecule has 1 N–H and O–H groups in total. The quantitative estimate of drug-likeness (QED) is 0.778. The molecule has 0 saturated carbocycles. The van der Waals surface area contributed by atoms with Crippen LogP contribution in [-0.4, -0.2) is 43.7 Å². The van der Waals surface area contributed by atoms with Gasteiger partial charge in [0, 0.05) is 25.7 Å². The van der Waals surface area contributed by atoms with Gasteiger partial charge in [0.2, 0.25) is 5.91 Å². The minimum Gasteiger partial charge on any atom is -0.497 e. The molecule has 1 aliphatic rings. The summed E-state index contributed by atoms with van der Waals surface area (Å²) in [6.45, 7) is 5.21. The minimum atomic E-state index is -0.0813. The van der Waals surface area contributed by atoms with E-state index >= 15 is 0 Å². The Bertz CT molecular complexity index is 763. The van der Waals surface area contributed by atoms with Gasteiger partial charge in [-0.05, 0) is 42.2 Å². The first-order valence-corrected chi connectivity index (χ1v) is 9.44. The summed E-state index contributed by atoms with van der Waals surface area (Å²) in [5, 5.41) is 2.98. The van der Waals surface area contributed by atoms with E-state index in [1.54, 1.807) is 7.11 Å². The molecule has 2 aromatic rings. The highest BCUT2D eigenvalue weighted by Gasteiger charge is 2.20. The molecule has 1 heterocycles. The molecular formula is C22H28N2O3. The monoisotopic (exact) mass is 368 g/mol. The predicted molar refractivity (Wildman–Crippen MR) is 106 cm³/mol. The molecule has 0 aromatic heterocycles. The highest BCUT2D eigenvalue weighted by atomic mass is 16.5. The van der Waals surface area contributed by atoms with Gasteiger partial charge in [0.1, 0.15) is 12.4 Å². The molecule has 27 heavy (non-hydrogen) atoms. The van der Waals surface area contributed by atoms with E-state index in [0.29, 0.717) is 19.2 Å². The number of nitrogens with one attached hydrogen (secondary N) is 1. The SMILES string of the molecule is COc1cccc(COCC(=O)NC[C@H](C)N2CCc3ccccc3C2)c1. The highest BCUT2D eigenvalue weighted by molar-refractivity contribution is 5.77. The number of rotatable bonds is 8. The normalized spacial score (nSPS) is 15.0. The van der Waals surface area contributed by atoms with Gasteiger partial charge < -0.3 is 14.8 Å². The van der Waals surface area contributed by atoms with Crippen molar-refractivity contribution in [1.82, 2.24) is 10.2 Å². The van der Waals surface area contributed by atoms with Gasteiger partial charge in [-0.2, -0.15) is 0 Å². The van der Waals surface area contributed by atoms with Gasteiger partial charge >= 0.3 is 0 Å². The Kier molecular flexibility index (Phi) is 6.85. The van der Waals surface area contributed by atoms with Gasteiger partial charge in [-0.25, -0.2) is 0 Å². The predicted octanol–water partition coefficient (Wildman–Crippen LogP) is 2.77. The zero-order valence-corrected chi connectivity index (χ0v) is 16.1. The number of hydrogen-bond acceptors (Lipinski definition) is 4. The fourth-order valence-corrected chi connectivity index (χ4v) is 3.36. The molecule has 0 aliphatic carbocycles. The molecule has 1 atom stereocenters. The number of benzene rings is 2. The van der Waals surface area contributed by atoms with Gasteiger partial charge in [0.15, 0.2) is 0 Å². The van der Waals surface area contributed by atoms with E-state index in [1.165, 1.54) is 11.1 Å². The van der Waals surface area contributed by atoms with Crippen LogP contribution in [0.4, 0.5) is 0 Å². The van der Waals surface area contributed by atoms with Crippen molar-refractivity contribution in [1.29, 1.82) is 0 Å². The van der Waals surface area contributed by atoms with Crippen LogP contribution in [0.25, 0.3) is 0 Å². The molecule has 0 radical (unpaired) electrons. The Morgan fingerprint density at radius 2 is 2.00 bits per heavy atom. The Morgan fingerprint density at radius 3 is 2.81 bits per heavy atom. The van der Waals surface area contributed by atoms with Crippen LogP contribution in [0.5, 0.6) is 5.75 Å². The average Bonchev–Trinajstić information content (AvgIpc) is 2.71. The molecule has 5 heteroatoms. The molecule has 1 amide bonds. The molecular weight excluding hydrogens is 340 g/mol. The van der Waals surface area contributed by atoms with Crippen LogP contribution in [0.1, 0.15) is 23.6 Å². The molecule has 2 aromatic carbocycles. The summed E-state index contributed by atoms with van der Waals surface area (Å²) in [7, 11) is 1.63. The van der Waals surface area contributed by atoms with E-state index in [2.05, 4.69) is 41.4 Å². The summed E-state index contributed by atoms with van der Waals surface area (Å²) >= 11 is 0. The summed E-state index contributed by atoms with van der Waals surface area (Å²) < 4.78 is 10.7. The fraction of sp³-hybridized carbons (Fsp3) is 0.409. The minimum absolute atomic E-state index is 0.0623. The molecule has 0 unspecified atom stereocenters. The second kappa shape index (κ2) is 9.53. The van der Waals surface area contributed by atoms with Gasteiger partial charge in [0.05, 0.1) is 13.7 Å². The van der Waals surface area contributed by atoms with Crippen molar-refractivity contribution >= 4 is 5.91 Å². The fourth-order valence-electron chi connectivity index (χ4n) is 3.36. The summed E-state index contributed by atoms with van der Waals surface area (Å²) in [4.78, 5) is 14.5. The number of methoxy groups -OCH3 is 1. The molecule has 5 nitrogen and oxygen atoms in total. The van der Waals surface area contributed by atoms with E-state index in [9.17, 15) is 4.79 Å². The number of carbonyl (C=O) groups excluding carboxylic acids is 1. The third-order valence-electron chi connectivity index (χ3n) is 5.01. The third-order valence-corrected chi connectivity index (χ3v) is 5.01. The number of hydrogen-bond donors (Lipinski definition) is 1. The van der Waals surface area contributed by atoms with Gasteiger partial charge in [0.25, 0.3) is 0 Å². The maximum atomic E-state index is 12.1. The maximum absolute atomic E-state index is 12.1. The zero-order valence-electron chi connectivity index (χ0n) is 16.1. The highest BCUT2D eigenvalue weighted by Crippen LogP contribution is 2.20. The Morgan fingerprint density at radius 1 is 1.19 bits per heavy atom. The van der Waals surface area contributed by atoms with Crippen LogP contribution in [-0.2, 0) is 29.1 Å². The van der Waals surface area contributed by atoms with Crippen molar-refractivity contribution in [2.24, 2.45) is 0 Å². The lowest BCUT2D eigenvalue weighted by Crippen LogP contribution is -2.45. The maximum Gasteiger partial charge on any atom is 0.246 e. The van der Waals surface area contributed by atoms with E-state index in [1.807, 2.05) is 24.3 Å². The van der Waals surface area contributed by atoms with Crippen LogP contribution < -0.4 is 10.1 Å². The lowest BCUT2D eigenvalue weighted by molar-refractivity contribution is -0.126. The average molecular weight is 368 g/mol. The second-order valence-corrected chi connectivity index (χ2v) is 6.99. The number of nitrogens with zero attached hydrogens (tertiary/aromatic N) is 1. The number of amides is 1. The molecule has 0 saturated heterocycles. The Balaban J connectivity index is 1.37. The first kappa shape index (κ1) is 19.4. The van der Waals surface area contributed by atoms with Crippen LogP contribution >= 0.6 is 0 Å².